The first-order valence-electron chi connectivity index (χ1n) is 6.07. The molecule has 0 radical (unpaired) electrons. The van der Waals surface area contributed by atoms with Crippen LogP contribution in [-0.2, 0) is 9.59 Å². The molecule has 0 spiro atoms. The van der Waals surface area contributed by atoms with Crippen LogP contribution >= 0.6 is 11.8 Å². The molecule has 1 heterocycles. The Kier molecular flexibility index (Phi) is 4.27. The fourth-order valence-corrected chi connectivity index (χ4v) is 2.85. The van der Waals surface area contributed by atoms with Crippen LogP contribution in [0.5, 0.6) is 0 Å². The Morgan fingerprint density at radius 1 is 1.50 bits per heavy atom. The number of carbonyl (C=O) groups is 2. The Bertz CT molecular complexity index is 566. The summed E-state index contributed by atoms with van der Waals surface area (Å²) in [6, 6.07) is 2.25. The van der Waals surface area contributed by atoms with Gasteiger partial charge in [-0.3, -0.25) is 9.59 Å². The third-order valence-corrected chi connectivity index (χ3v) is 4.17. The lowest BCUT2D eigenvalue weighted by Gasteiger charge is -2.19. The Labute approximate surface area is 119 Å². The van der Waals surface area contributed by atoms with Crippen molar-refractivity contribution < 1.29 is 18.4 Å². The zero-order chi connectivity index (χ0) is 14.9. The molecule has 1 aromatic carbocycles. The minimum atomic E-state index is -1.14. The largest absolute Gasteiger partial charge is 0.395 e. The van der Waals surface area contributed by atoms with E-state index in [9.17, 15) is 18.4 Å². The van der Waals surface area contributed by atoms with Gasteiger partial charge in [-0.1, -0.05) is 11.8 Å². The molecular formula is C13H14F2N2O2S. The highest BCUT2D eigenvalue weighted by Crippen LogP contribution is 2.33. The standard InChI is InChI=1S/C13H14F2N2O2S/c1-7(18)20-6-8-4-11(19)17(5-8)10-3-2-9(14)12(15)13(10)16/h2-3,8H,4-6,16H2,1H3. The molecule has 0 saturated carbocycles. The van der Waals surface area contributed by atoms with Gasteiger partial charge in [0.05, 0.1) is 11.4 Å². The van der Waals surface area contributed by atoms with Gasteiger partial charge in [0.25, 0.3) is 0 Å². The normalized spacial score (nSPS) is 18.6. The van der Waals surface area contributed by atoms with Crippen LogP contribution in [0, 0.1) is 17.6 Å². The topological polar surface area (TPSA) is 63.4 Å². The number of nitrogens with two attached hydrogens (primary N) is 1. The first-order valence-corrected chi connectivity index (χ1v) is 7.06. The molecule has 2 rings (SSSR count). The van der Waals surface area contributed by atoms with Crippen molar-refractivity contribution in [3.8, 4) is 0 Å². The Hall–Kier alpha value is -1.63. The second kappa shape index (κ2) is 5.78. The fraction of sp³-hybridized carbons (Fsp3) is 0.385. The van der Waals surface area contributed by atoms with Crippen LogP contribution in [-0.4, -0.2) is 23.3 Å². The number of nitrogens with zero attached hydrogens (tertiary/aromatic N) is 1. The lowest BCUT2D eigenvalue weighted by Crippen LogP contribution is -2.26. The maximum atomic E-state index is 13.4. The molecule has 20 heavy (non-hydrogen) atoms. The molecule has 1 unspecified atom stereocenters. The van der Waals surface area contributed by atoms with E-state index in [0.29, 0.717) is 12.3 Å². The van der Waals surface area contributed by atoms with Crippen LogP contribution in [0.3, 0.4) is 0 Å². The number of carbonyl (C=O) groups excluding carboxylic acids is 2. The summed E-state index contributed by atoms with van der Waals surface area (Å²) in [5, 5.41) is -0.0109. The first kappa shape index (κ1) is 14.8. The van der Waals surface area contributed by atoms with Crippen LogP contribution in [0.15, 0.2) is 12.1 Å². The lowest BCUT2D eigenvalue weighted by molar-refractivity contribution is -0.117. The highest BCUT2D eigenvalue weighted by atomic mass is 32.2. The number of thioether (sulfide) groups is 1. The van der Waals surface area contributed by atoms with E-state index >= 15 is 0 Å². The number of hydrogen-bond donors (Lipinski definition) is 1. The van der Waals surface area contributed by atoms with Gasteiger partial charge >= 0.3 is 0 Å². The van der Waals surface area contributed by atoms with E-state index in [1.165, 1.54) is 17.9 Å². The summed E-state index contributed by atoms with van der Waals surface area (Å²) < 4.78 is 26.5. The summed E-state index contributed by atoms with van der Waals surface area (Å²) in [7, 11) is 0. The van der Waals surface area contributed by atoms with Gasteiger partial charge in [0.15, 0.2) is 16.7 Å². The van der Waals surface area contributed by atoms with Crippen molar-refractivity contribution in [2.24, 2.45) is 5.92 Å². The van der Waals surface area contributed by atoms with Crippen molar-refractivity contribution in [2.45, 2.75) is 13.3 Å². The number of halogens is 2. The van der Waals surface area contributed by atoms with Gasteiger partial charge in [0, 0.05) is 25.6 Å². The third kappa shape index (κ3) is 2.92. The Balaban J connectivity index is 2.16. The summed E-state index contributed by atoms with van der Waals surface area (Å²) in [6.45, 7) is 1.82. The number of rotatable bonds is 3. The van der Waals surface area contributed by atoms with Crippen molar-refractivity contribution in [1.82, 2.24) is 0 Å². The van der Waals surface area contributed by atoms with Gasteiger partial charge in [-0.25, -0.2) is 8.78 Å². The van der Waals surface area contributed by atoms with Crippen molar-refractivity contribution in [3.63, 3.8) is 0 Å². The van der Waals surface area contributed by atoms with Gasteiger partial charge < -0.3 is 10.6 Å². The van der Waals surface area contributed by atoms with E-state index in [-0.39, 0.29) is 34.7 Å². The number of hydrogen-bond acceptors (Lipinski definition) is 4. The number of benzene rings is 1. The molecule has 0 aliphatic carbocycles. The maximum absolute atomic E-state index is 13.4. The fourth-order valence-electron chi connectivity index (χ4n) is 2.15. The molecule has 1 saturated heterocycles. The summed E-state index contributed by atoms with van der Waals surface area (Å²) in [6.07, 6.45) is 0.277. The molecule has 0 aromatic heterocycles. The van der Waals surface area contributed by atoms with Crippen molar-refractivity contribution >= 4 is 34.2 Å². The molecule has 1 atom stereocenters. The van der Waals surface area contributed by atoms with Crippen LogP contribution in [0.25, 0.3) is 0 Å². The van der Waals surface area contributed by atoms with Gasteiger partial charge in [-0.15, -0.1) is 0 Å². The van der Waals surface area contributed by atoms with Gasteiger partial charge in [0.1, 0.15) is 0 Å². The van der Waals surface area contributed by atoms with E-state index in [4.69, 9.17) is 5.73 Å². The van der Waals surface area contributed by atoms with Crippen LogP contribution in [0.2, 0.25) is 0 Å². The molecule has 1 fully saturated rings. The zero-order valence-electron chi connectivity index (χ0n) is 10.9. The lowest BCUT2D eigenvalue weighted by atomic mass is 10.1. The molecular weight excluding hydrogens is 286 g/mol. The minimum Gasteiger partial charge on any atom is -0.395 e. The number of amides is 1. The smallest absolute Gasteiger partial charge is 0.227 e. The molecule has 108 valence electrons. The summed E-state index contributed by atoms with van der Waals surface area (Å²) in [4.78, 5) is 24.2. The average Bonchev–Trinajstić information content (AvgIpc) is 2.75. The van der Waals surface area contributed by atoms with Gasteiger partial charge in [-0.05, 0) is 18.1 Å². The summed E-state index contributed by atoms with van der Waals surface area (Å²) in [5.74, 6) is -1.85. The molecule has 2 N–H and O–H groups in total. The SMILES string of the molecule is CC(=O)SCC1CC(=O)N(c2ccc(F)c(F)c2N)C1. The molecule has 0 bridgehead atoms. The van der Waals surface area contributed by atoms with Crippen molar-refractivity contribution in [1.29, 1.82) is 0 Å². The second-order valence-corrected chi connectivity index (χ2v) is 5.87. The molecule has 1 aliphatic heterocycles. The summed E-state index contributed by atoms with van der Waals surface area (Å²) in [5.41, 5.74) is 5.35. The van der Waals surface area contributed by atoms with E-state index in [1.807, 2.05) is 0 Å². The first-order chi connectivity index (χ1) is 9.40. The molecule has 1 amide bonds. The van der Waals surface area contributed by atoms with E-state index in [1.54, 1.807) is 0 Å². The zero-order valence-corrected chi connectivity index (χ0v) is 11.7. The average molecular weight is 300 g/mol. The van der Waals surface area contributed by atoms with Crippen LogP contribution in [0.4, 0.5) is 20.2 Å². The monoisotopic (exact) mass is 300 g/mol. The van der Waals surface area contributed by atoms with E-state index < -0.39 is 11.6 Å². The Morgan fingerprint density at radius 2 is 2.20 bits per heavy atom. The predicted octanol–water partition coefficient (Wildman–Crippen LogP) is 2.18. The van der Waals surface area contributed by atoms with Crippen LogP contribution < -0.4 is 10.6 Å². The predicted molar refractivity (Wildman–Crippen MR) is 74.4 cm³/mol. The van der Waals surface area contributed by atoms with Crippen LogP contribution in [0.1, 0.15) is 13.3 Å². The third-order valence-electron chi connectivity index (χ3n) is 3.13. The number of anilines is 2. The number of nitrogen functional groups attached to an aromatic ring is 1. The maximum Gasteiger partial charge on any atom is 0.227 e. The van der Waals surface area contributed by atoms with Crippen molar-refractivity contribution in [2.75, 3.05) is 22.9 Å². The van der Waals surface area contributed by atoms with Gasteiger partial charge in [-0.2, -0.15) is 0 Å². The molecule has 7 heteroatoms. The second-order valence-electron chi connectivity index (χ2n) is 4.67. The Morgan fingerprint density at radius 3 is 2.85 bits per heavy atom. The van der Waals surface area contributed by atoms with Crippen molar-refractivity contribution in [3.05, 3.63) is 23.8 Å². The highest BCUT2D eigenvalue weighted by Gasteiger charge is 2.32. The molecule has 1 aromatic rings. The quantitative estimate of drug-likeness (QED) is 0.869. The molecule has 4 nitrogen and oxygen atoms in total. The van der Waals surface area contributed by atoms with E-state index in [2.05, 4.69) is 0 Å². The summed E-state index contributed by atoms with van der Waals surface area (Å²) >= 11 is 1.15. The molecule has 1 aliphatic rings. The minimum absolute atomic E-state index is 0.00362. The van der Waals surface area contributed by atoms with E-state index in [0.717, 1.165) is 17.8 Å². The van der Waals surface area contributed by atoms with Gasteiger partial charge in [0.2, 0.25) is 5.91 Å². The highest BCUT2D eigenvalue weighted by molar-refractivity contribution is 8.13.